The van der Waals surface area contributed by atoms with E-state index in [1.165, 1.54) is 64.2 Å². The van der Waals surface area contributed by atoms with E-state index in [0.717, 1.165) is 12.8 Å². The van der Waals surface area contributed by atoms with Gasteiger partial charge >= 0.3 is 5.97 Å². The largest absolute Gasteiger partial charge is 0.481 e. The Morgan fingerprint density at radius 1 is 0.800 bits per heavy atom. The van der Waals surface area contributed by atoms with Crippen LogP contribution in [0.1, 0.15) is 90.4 Å². The first-order chi connectivity index (χ1) is 9.66. The molecule has 1 atom stereocenters. The number of aliphatic hydroxyl groups excluding tert-OH is 1. The van der Waals surface area contributed by atoms with Crippen LogP contribution in [0.2, 0.25) is 0 Å². The minimum absolute atomic E-state index is 0.316. The molecule has 0 aromatic heterocycles. The van der Waals surface area contributed by atoms with Crippen LogP contribution in [0, 0.1) is 5.92 Å². The van der Waals surface area contributed by atoms with E-state index in [-0.39, 0.29) is 0 Å². The zero-order valence-corrected chi connectivity index (χ0v) is 13.3. The summed E-state index contributed by atoms with van der Waals surface area (Å²) < 4.78 is 0. The minimum Gasteiger partial charge on any atom is -0.481 e. The molecule has 120 valence electrons. The summed E-state index contributed by atoms with van der Waals surface area (Å²) in [7, 11) is 0. The first-order valence-electron chi connectivity index (χ1n) is 8.49. The molecule has 20 heavy (non-hydrogen) atoms. The normalized spacial score (nSPS) is 12.5. The van der Waals surface area contributed by atoms with Crippen molar-refractivity contribution in [3.63, 3.8) is 0 Å². The molecule has 0 fully saturated rings. The molecule has 2 N–H and O–H groups in total. The van der Waals surface area contributed by atoms with E-state index < -0.39 is 5.97 Å². The van der Waals surface area contributed by atoms with Gasteiger partial charge < -0.3 is 10.2 Å². The Kier molecular flexibility index (Phi) is 14.4. The summed E-state index contributed by atoms with van der Waals surface area (Å²) in [5.74, 6) is -0.345. The molecule has 0 rings (SSSR count). The van der Waals surface area contributed by atoms with E-state index in [1.807, 2.05) is 6.92 Å². The summed E-state index contributed by atoms with van der Waals surface area (Å²) in [5, 5.41) is 17.3. The average molecular weight is 286 g/mol. The van der Waals surface area contributed by atoms with Gasteiger partial charge in [0.2, 0.25) is 0 Å². The van der Waals surface area contributed by atoms with Gasteiger partial charge in [0, 0.05) is 13.0 Å². The van der Waals surface area contributed by atoms with Crippen molar-refractivity contribution < 1.29 is 15.0 Å². The standard InChI is InChI=1S/C17H34O3/c1-16(15-17(19)20)13-11-9-7-5-3-2-4-6-8-10-12-14-18/h16,18H,2-15H2,1H3,(H,19,20)/t16-/m1/s1. The van der Waals surface area contributed by atoms with E-state index >= 15 is 0 Å². The summed E-state index contributed by atoms with van der Waals surface area (Å²) in [5.41, 5.74) is 0. The highest BCUT2D eigenvalue weighted by Crippen LogP contribution is 2.15. The molecule has 0 aromatic rings. The van der Waals surface area contributed by atoms with Crippen LogP contribution in [-0.2, 0) is 4.79 Å². The molecule has 0 aliphatic carbocycles. The molecule has 0 saturated heterocycles. The number of unbranched alkanes of at least 4 members (excludes halogenated alkanes) is 10. The second-order valence-electron chi connectivity index (χ2n) is 6.10. The Balaban J connectivity index is 3.08. The van der Waals surface area contributed by atoms with Crippen LogP contribution < -0.4 is 0 Å². The summed E-state index contributed by atoms with van der Waals surface area (Å²) in [6.45, 7) is 2.37. The number of hydrogen-bond donors (Lipinski definition) is 2. The number of carboxylic acids is 1. The number of carbonyl (C=O) groups is 1. The van der Waals surface area contributed by atoms with Crippen LogP contribution in [0.25, 0.3) is 0 Å². The van der Waals surface area contributed by atoms with Crippen molar-refractivity contribution in [1.82, 2.24) is 0 Å². The quantitative estimate of drug-likeness (QED) is 0.426. The van der Waals surface area contributed by atoms with Gasteiger partial charge in [-0.3, -0.25) is 4.79 Å². The average Bonchev–Trinajstić information content (AvgIpc) is 2.39. The van der Waals surface area contributed by atoms with Gasteiger partial charge in [-0.2, -0.15) is 0 Å². The molecule has 0 aromatic carbocycles. The van der Waals surface area contributed by atoms with Gasteiger partial charge in [-0.25, -0.2) is 0 Å². The van der Waals surface area contributed by atoms with Crippen molar-refractivity contribution in [2.45, 2.75) is 90.4 Å². The van der Waals surface area contributed by atoms with E-state index in [4.69, 9.17) is 10.2 Å². The van der Waals surface area contributed by atoms with Crippen LogP contribution in [-0.4, -0.2) is 22.8 Å². The lowest BCUT2D eigenvalue weighted by atomic mass is 9.99. The van der Waals surface area contributed by atoms with Crippen molar-refractivity contribution in [3.05, 3.63) is 0 Å². The first-order valence-corrected chi connectivity index (χ1v) is 8.49. The molecule has 0 aliphatic rings. The van der Waals surface area contributed by atoms with Crippen molar-refractivity contribution in [2.75, 3.05) is 6.61 Å². The predicted molar refractivity (Wildman–Crippen MR) is 83.9 cm³/mol. The van der Waals surface area contributed by atoms with E-state index in [1.54, 1.807) is 0 Å². The zero-order chi connectivity index (χ0) is 15.1. The Hall–Kier alpha value is -0.570. The summed E-state index contributed by atoms with van der Waals surface area (Å²) in [4.78, 5) is 10.5. The Morgan fingerprint density at radius 2 is 1.20 bits per heavy atom. The summed E-state index contributed by atoms with van der Waals surface area (Å²) in [6.07, 6.45) is 15.1. The van der Waals surface area contributed by atoms with Gasteiger partial charge in [0.05, 0.1) is 0 Å². The Bertz CT molecular complexity index is 216. The fourth-order valence-electron chi connectivity index (χ4n) is 2.60. The Morgan fingerprint density at radius 3 is 1.60 bits per heavy atom. The number of rotatable bonds is 15. The van der Waals surface area contributed by atoms with Gasteiger partial charge in [-0.05, 0) is 12.3 Å². The second kappa shape index (κ2) is 14.8. The Labute approximate surface area is 124 Å². The van der Waals surface area contributed by atoms with Gasteiger partial charge in [0.25, 0.3) is 0 Å². The number of aliphatic hydroxyl groups is 1. The highest BCUT2D eigenvalue weighted by molar-refractivity contribution is 5.66. The number of carboxylic acid groups (broad SMARTS) is 1. The van der Waals surface area contributed by atoms with Crippen molar-refractivity contribution in [1.29, 1.82) is 0 Å². The molecule has 0 amide bonds. The molecule has 0 radical (unpaired) electrons. The lowest BCUT2D eigenvalue weighted by Gasteiger charge is -2.07. The molecule has 3 heteroatoms. The van der Waals surface area contributed by atoms with Crippen molar-refractivity contribution >= 4 is 5.97 Å². The molecular formula is C17H34O3. The minimum atomic E-state index is -0.670. The molecule has 0 heterocycles. The van der Waals surface area contributed by atoms with Crippen LogP contribution in [0.3, 0.4) is 0 Å². The molecular weight excluding hydrogens is 252 g/mol. The fraction of sp³-hybridized carbons (Fsp3) is 0.941. The monoisotopic (exact) mass is 286 g/mol. The summed E-state index contributed by atoms with van der Waals surface area (Å²) >= 11 is 0. The van der Waals surface area contributed by atoms with Crippen LogP contribution in [0.15, 0.2) is 0 Å². The molecule has 3 nitrogen and oxygen atoms in total. The molecule has 0 saturated carbocycles. The highest BCUT2D eigenvalue weighted by atomic mass is 16.4. The SMILES string of the molecule is C[C@H](CCCCCCCCCCCCCO)CC(=O)O. The lowest BCUT2D eigenvalue weighted by Crippen LogP contribution is -2.03. The van der Waals surface area contributed by atoms with Crippen LogP contribution in [0.5, 0.6) is 0 Å². The van der Waals surface area contributed by atoms with Crippen molar-refractivity contribution in [3.8, 4) is 0 Å². The maximum Gasteiger partial charge on any atom is 0.303 e. The molecule has 0 unspecified atom stereocenters. The maximum absolute atomic E-state index is 10.5. The molecule has 0 bridgehead atoms. The van der Waals surface area contributed by atoms with E-state index in [2.05, 4.69) is 0 Å². The molecule has 0 aliphatic heterocycles. The van der Waals surface area contributed by atoms with Gasteiger partial charge in [-0.15, -0.1) is 0 Å². The third-order valence-corrected chi connectivity index (χ3v) is 3.88. The maximum atomic E-state index is 10.5. The van der Waals surface area contributed by atoms with Gasteiger partial charge in [-0.1, -0.05) is 77.6 Å². The van der Waals surface area contributed by atoms with E-state index in [9.17, 15) is 4.79 Å². The van der Waals surface area contributed by atoms with Crippen LogP contribution >= 0.6 is 0 Å². The fourth-order valence-corrected chi connectivity index (χ4v) is 2.60. The topological polar surface area (TPSA) is 57.5 Å². The van der Waals surface area contributed by atoms with Crippen molar-refractivity contribution in [2.24, 2.45) is 5.92 Å². The predicted octanol–water partition coefficient (Wildman–Crippen LogP) is 4.77. The van der Waals surface area contributed by atoms with Gasteiger partial charge in [0.15, 0.2) is 0 Å². The van der Waals surface area contributed by atoms with Crippen LogP contribution in [0.4, 0.5) is 0 Å². The first kappa shape index (κ1) is 19.4. The highest BCUT2D eigenvalue weighted by Gasteiger charge is 2.06. The molecule has 0 spiro atoms. The van der Waals surface area contributed by atoms with Gasteiger partial charge in [0.1, 0.15) is 0 Å². The third-order valence-electron chi connectivity index (χ3n) is 3.88. The second-order valence-corrected chi connectivity index (χ2v) is 6.10. The third kappa shape index (κ3) is 15.5. The number of hydrogen-bond acceptors (Lipinski definition) is 2. The zero-order valence-electron chi connectivity index (χ0n) is 13.3. The van der Waals surface area contributed by atoms with E-state index in [0.29, 0.717) is 18.9 Å². The lowest BCUT2D eigenvalue weighted by molar-refractivity contribution is -0.138. The summed E-state index contributed by atoms with van der Waals surface area (Å²) in [6, 6.07) is 0. The smallest absolute Gasteiger partial charge is 0.303 e. The number of aliphatic carboxylic acids is 1.